The van der Waals surface area contributed by atoms with Crippen molar-refractivity contribution in [3.8, 4) is 0 Å². The first kappa shape index (κ1) is 20.2. The van der Waals surface area contributed by atoms with Gasteiger partial charge < -0.3 is 4.90 Å². The van der Waals surface area contributed by atoms with Gasteiger partial charge in [0.25, 0.3) is 10.0 Å². The molecule has 5 nitrogen and oxygen atoms in total. The van der Waals surface area contributed by atoms with Crippen LogP contribution in [0.25, 0.3) is 0 Å². The molecule has 0 saturated heterocycles. The zero-order valence-electron chi connectivity index (χ0n) is 16.8. The van der Waals surface area contributed by atoms with Gasteiger partial charge in [0.05, 0.1) is 11.4 Å². The Morgan fingerprint density at radius 2 is 1.63 bits per heavy atom. The minimum atomic E-state index is -3.67. The van der Waals surface area contributed by atoms with E-state index < -0.39 is 10.0 Å². The van der Waals surface area contributed by atoms with Gasteiger partial charge in [-0.2, -0.15) is 0 Å². The van der Waals surface area contributed by atoms with Gasteiger partial charge in [-0.25, -0.2) is 8.42 Å². The molecule has 0 fully saturated rings. The highest BCUT2D eigenvalue weighted by Gasteiger charge is 2.25. The third kappa shape index (κ3) is 4.24. The van der Waals surface area contributed by atoms with Crippen molar-refractivity contribution in [2.45, 2.75) is 37.6 Å². The van der Waals surface area contributed by atoms with Gasteiger partial charge in [0.1, 0.15) is 0 Å². The van der Waals surface area contributed by atoms with Crippen molar-refractivity contribution < 1.29 is 13.2 Å². The van der Waals surface area contributed by atoms with Gasteiger partial charge in [-0.15, -0.1) is 0 Å². The predicted molar refractivity (Wildman–Crippen MR) is 119 cm³/mol. The fourth-order valence-electron chi connectivity index (χ4n) is 3.68. The molecule has 0 aliphatic carbocycles. The highest BCUT2D eigenvalue weighted by Crippen LogP contribution is 2.32. The molecular weight excluding hydrogens is 396 g/mol. The number of fused-ring (bicyclic) bond motifs is 1. The number of sulfonamides is 1. The van der Waals surface area contributed by atoms with Crippen LogP contribution in [0.4, 0.5) is 11.4 Å². The summed E-state index contributed by atoms with van der Waals surface area (Å²) in [5, 5.41) is 0. The molecule has 3 aromatic rings. The largest absolute Gasteiger partial charge is 0.308 e. The lowest BCUT2D eigenvalue weighted by molar-refractivity contribution is -0.119. The zero-order valence-corrected chi connectivity index (χ0v) is 17.7. The molecule has 0 radical (unpaired) electrons. The Bertz CT molecular complexity index is 1160. The topological polar surface area (TPSA) is 66.5 Å². The molecule has 1 heterocycles. The molecule has 1 aliphatic heterocycles. The van der Waals surface area contributed by atoms with Crippen molar-refractivity contribution >= 4 is 27.3 Å². The van der Waals surface area contributed by atoms with E-state index in [1.807, 2.05) is 61.5 Å². The van der Waals surface area contributed by atoms with Crippen LogP contribution in [0, 0.1) is 0 Å². The predicted octanol–water partition coefficient (Wildman–Crippen LogP) is 4.53. The SMILES string of the molecule is CCc1ccc(S(=O)(=O)Nc2ccc3c(c2)CCC(=O)N3Cc2ccccc2)cc1. The summed E-state index contributed by atoms with van der Waals surface area (Å²) >= 11 is 0. The summed E-state index contributed by atoms with van der Waals surface area (Å²) in [7, 11) is -3.67. The number of anilines is 2. The monoisotopic (exact) mass is 420 g/mol. The minimum absolute atomic E-state index is 0.0793. The average Bonchev–Trinajstić information content (AvgIpc) is 2.76. The molecule has 0 aromatic heterocycles. The van der Waals surface area contributed by atoms with E-state index in [9.17, 15) is 13.2 Å². The maximum absolute atomic E-state index is 12.8. The van der Waals surface area contributed by atoms with E-state index in [1.165, 1.54) is 0 Å². The second kappa shape index (κ2) is 8.32. The van der Waals surface area contributed by atoms with Crippen LogP contribution in [0.2, 0.25) is 0 Å². The Balaban J connectivity index is 1.58. The molecule has 1 aliphatic rings. The number of hydrogen-bond acceptors (Lipinski definition) is 3. The lowest BCUT2D eigenvalue weighted by Crippen LogP contribution is -2.34. The average molecular weight is 421 g/mol. The molecule has 0 saturated carbocycles. The number of rotatable bonds is 6. The maximum Gasteiger partial charge on any atom is 0.261 e. The molecule has 1 N–H and O–H groups in total. The van der Waals surface area contributed by atoms with Crippen molar-refractivity contribution in [2.75, 3.05) is 9.62 Å². The Morgan fingerprint density at radius 1 is 0.900 bits per heavy atom. The molecule has 1 amide bonds. The molecule has 154 valence electrons. The number of hydrogen-bond donors (Lipinski definition) is 1. The first-order chi connectivity index (χ1) is 14.5. The zero-order chi connectivity index (χ0) is 21.1. The normalized spacial score (nSPS) is 13.8. The van der Waals surface area contributed by atoms with Crippen LogP contribution in [0.3, 0.4) is 0 Å². The lowest BCUT2D eigenvalue weighted by Gasteiger charge is -2.30. The summed E-state index contributed by atoms with van der Waals surface area (Å²) in [6.07, 6.45) is 1.87. The fraction of sp³-hybridized carbons (Fsp3) is 0.208. The van der Waals surface area contributed by atoms with Gasteiger partial charge in [-0.3, -0.25) is 9.52 Å². The van der Waals surface area contributed by atoms with Crippen LogP contribution >= 0.6 is 0 Å². The summed E-state index contributed by atoms with van der Waals surface area (Å²) in [6, 6.07) is 22.1. The Labute approximate surface area is 177 Å². The van der Waals surface area contributed by atoms with Crippen molar-refractivity contribution in [1.82, 2.24) is 0 Å². The van der Waals surface area contributed by atoms with Gasteiger partial charge in [0.15, 0.2) is 0 Å². The third-order valence-electron chi connectivity index (χ3n) is 5.36. The molecule has 30 heavy (non-hydrogen) atoms. The number of amides is 1. The van der Waals surface area contributed by atoms with E-state index in [-0.39, 0.29) is 10.8 Å². The summed E-state index contributed by atoms with van der Waals surface area (Å²) < 4.78 is 28.2. The summed E-state index contributed by atoms with van der Waals surface area (Å²) in [5.41, 5.74) is 4.45. The molecule has 4 rings (SSSR count). The van der Waals surface area contributed by atoms with Crippen molar-refractivity contribution in [3.05, 3.63) is 89.5 Å². The first-order valence-electron chi connectivity index (χ1n) is 10.1. The molecular formula is C24H24N2O3S. The van der Waals surface area contributed by atoms with Gasteiger partial charge >= 0.3 is 0 Å². The number of aryl methyl sites for hydroxylation is 2. The molecule has 0 spiro atoms. The van der Waals surface area contributed by atoms with Gasteiger partial charge in [0, 0.05) is 17.8 Å². The standard InChI is InChI=1S/C24H24N2O3S/c1-2-18-8-12-22(13-9-18)30(28,29)25-21-11-14-23-20(16-21)10-15-24(27)26(23)17-19-6-4-3-5-7-19/h3-9,11-14,16,25H,2,10,15,17H2,1H3. The van der Waals surface area contributed by atoms with E-state index in [1.54, 1.807) is 23.1 Å². The van der Waals surface area contributed by atoms with Crippen molar-refractivity contribution in [3.63, 3.8) is 0 Å². The van der Waals surface area contributed by atoms with Crippen molar-refractivity contribution in [2.24, 2.45) is 0 Å². The van der Waals surface area contributed by atoms with Crippen molar-refractivity contribution in [1.29, 1.82) is 0 Å². The molecule has 6 heteroatoms. The van der Waals surface area contributed by atoms with Gasteiger partial charge in [-0.05, 0) is 59.9 Å². The van der Waals surface area contributed by atoms with Crippen LogP contribution in [0.1, 0.15) is 30.0 Å². The third-order valence-corrected chi connectivity index (χ3v) is 6.75. The van der Waals surface area contributed by atoms with E-state index in [0.717, 1.165) is 28.8 Å². The number of benzene rings is 3. The minimum Gasteiger partial charge on any atom is -0.308 e. The first-order valence-corrected chi connectivity index (χ1v) is 11.5. The number of nitrogens with zero attached hydrogens (tertiary/aromatic N) is 1. The fourth-order valence-corrected chi connectivity index (χ4v) is 4.73. The van der Waals surface area contributed by atoms with Gasteiger partial charge in [0.2, 0.25) is 5.91 Å². The van der Waals surface area contributed by atoms with E-state index >= 15 is 0 Å². The smallest absolute Gasteiger partial charge is 0.261 e. The van der Waals surface area contributed by atoms with Crippen LogP contribution in [-0.4, -0.2) is 14.3 Å². The van der Waals surface area contributed by atoms with Crippen LogP contribution in [0.15, 0.2) is 77.7 Å². The summed E-state index contributed by atoms with van der Waals surface area (Å²) in [6.45, 7) is 2.53. The quantitative estimate of drug-likeness (QED) is 0.637. The number of nitrogens with one attached hydrogen (secondary N) is 1. The van der Waals surface area contributed by atoms with Crippen LogP contribution in [0.5, 0.6) is 0 Å². The van der Waals surface area contributed by atoms with Crippen LogP contribution in [-0.2, 0) is 34.2 Å². The summed E-state index contributed by atoms with van der Waals surface area (Å²) in [4.78, 5) is 14.5. The van der Waals surface area contributed by atoms with E-state index in [0.29, 0.717) is 25.1 Å². The molecule has 0 bridgehead atoms. The number of carbonyl (C=O) groups is 1. The highest BCUT2D eigenvalue weighted by molar-refractivity contribution is 7.92. The van der Waals surface area contributed by atoms with E-state index in [4.69, 9.17) is 0 Å². The Hall–Kier alpha value is -3.12. The van der Waals surface area contributed by atoms with E-state index in [2.05, 4.69) is 4.72 Å². The maximum atomic E-state index is 12.8. The Kier molecular flexibility index (Phi) is 5.59. The second-order valence-electron chi connectivity index (χ2n) is 7.41. The molecule has 0 atom stereocenters. The number of carbonyl (C=O) groups excluding carboxylic acids is 1. The van der Waals surface area contributed by atoms with Crippen LogP contribution < -0.4 is 9.62 Å². The molecule has 0 unspecified atom stereocenters. The summed E-state index contributed by atoms with van der Waals surface area (Å²) in [5.74, 6) is 0.0793. The lowest BCUT2D eigenvalue weighted by atomic mass is 10.00. The Morgan fingerprint density at radius 3 is 2.33 bits per heavy atom. The molecule has 3 aromatic carbocycles. The second-order valence-corrected chi connectivity index (χ2v) is 9.09. The highest BCUT2D eigenvalue weighted by atomic mass is 32.2. The van der Waals surface area contributed by atoms with Gasteiger partial charge in [-0.1, -0.05) is 49.4 Å².